The smallest absolute Gasteiger partial charge is 0.302 e. The summed E-state index contributed by atoms with van der Waals surface area (Å²) in [5.41, 5.74) is 1.93. The third-order valence-electron chi connectivity index (χ3n) is 10.8. The number of hydrogen-bond acceptors (Lipinski definition) is 5. The predicted molar refractivity (Wildman–Crippen MR) is 145 cm³/mol. The highest BCUT2D eigenvalue weighted by molar-refractivity contribution is 8.18. The Hall–Kier alpha value is -0.910. The van der Waals surface area contributed by atoms with Gasteiger partial charge in [-0.3, -0.25) is 4.79 Å². The Bertz CT molecular complexity index is 1020. The van der Waals surface area contributed by atoms with Gasteiger partial charge in [0, 0.05) is 18.8 Å². The van der Waals surface area contributed by atoms with Gasteiger partial charge < -0.3 is 9.84 Å². The average molecular weight is 513 g/mol. The summed E-state index contributed by atoms with van der Waals surface area (Å²) in [6.45, 7) is 6.47. The SMILES string of the molecule is CC(=O)OC1CCC2(C)C(=CCC3C2CCC2(C)C3CC3(SCCCS3)C2(O)c2ccccc2)C1. The number of carbonyl (C=O) groups is 1. The first-order valence-electron chi connectivity index (χ1n) is 13.7. The Balaban J connectivity index is 1.38. The molecule has 1 heterocycles. The van der Waals surface area contributed by atoms with Crippen LogP contribution in [0.5, 0.6) is 0 Å². The largest absolute Gasteiger partial charge is 0.462 e. The Labute approximate surface area is 219 Å². The number of ether oxygens (including phenoxy) is 1. The number of benzene rings is 1. The van der Waals surface area contributed by atoms with E-state index in [9.17, 15) is 9.90 Å². The molecular weight excluding hydrogens is 472 g/mol. The Morgan fingerprint density at radius 1 is 1.06 bits per heavy atom. The predicted octanol–water partition coefficient (Wildman–Crippen LogP) is 6.95. The van der Waals surface area contributed by atoms with Crippen molar-refractivity contribution in [2.75, 3.05) is 11.5 Å². The molecule has 1 saturated heterocycles. The number of fused-ring (bicyclic) bond motifs is 5. The zero-order chi connectivity index (χ0) is 24.5. The van der Waals surface area contributed by atoms with E-state index >= 15 is 0 Å². The fourth-order valence-corrected chi connectivity index (χ4v) is 13.1. The summed E-state index contributed by atoms with van der Waals surface area (Å²) in [5.74, 6) is 3.94. The van der Waals surface area contributed by atoms with Gasteiger partial charge in [0.05, 0.1) is 4.08 Å². The van der Waals surface area contributed by atoms with E-state index < -0.39 is 5.60 Å². The number of esters is 1. The summed E-state index contributed by atoms with van der Waals surface area (Å²) in [7, 11) is 0. The van der Waals surface area contributed by atoms with Crippen molar-refractivity contribution in [3.05, 3.63) is 47.5 Å². The molecule has 7 atom stereocenters. The highest BCUT2D eigenvalue weighted by Crippen LogP contribution is 2.76. The van der Waals surface area contributed by atoms with Crippen molar-refractivity contribution in [2.45, 2.75) is 87.9 Å². The lowest BCUT2D eigenvalue weighted by atomic mass is 9.46. The van der Waals surface area contributed by atoms with Gasteiger partial charge in [0.15, 0.2) is 0 Å². The molecule has 190 valence electrons. The maximum absolute atomic E-state index is 13.0. The van der Waals surface area contributed by atoms with Crippen LogP contribution in [0.15, 0.2) is 42.0 Å². The van der Waals surface area contributed by atoms with Gasteiger partial charge in [-0.1, -0.05) is 55.8 Å². The molecule has 6 rings (SSSR count). The number of rotatable bonds is 2. The molecule has 1 spiro atoms. The lowest BCUT2D eigenvalue weighted by Crippen LogP contribution is -2.57. The van der Waals surface area contributed by atoms with Crippen molar-refractivity contribution in [1.82, 2.24) is 0 Å². The summed E-state index contributed by atoms with van der Waals surface area (Å²) in [6, 6.07) is 10.7. The number of allylic oxidation sites excluding steroid dienone is 1. The summed E-state index contributed by atoms with van der Waals surface area (Å²) in [5, 5.41) is 13.0. The van der Waals surface area contributed by atoms with Crippen molar-refractivity contribution >= 4 is 29.5 Å². The van der Waals surface area contributed by atoms with E-state index in [1.165, 1.54) is 25.3 Å². The van der Waals surface area contributed by atoms with Crippen LogP contribution in [0, 0.1) is 28.6 Å². The zero-order valence-electron chi connectivity index (χ0n) is 21.4. The Kier molecular flexibility index (Phi) is 5.97. The molecule has 0 amide bonds. The molecule has 5 heteroatoms. The maximum Gasteiger partial charge on any atom is 0.302 e. The van der Waals surface area contributed by atoms with Crippen LogP contribution in [0.2, 0.25) is 0 Å². The fourth-order valence-electron chi connectivity index (χ4n) is 9.11. The van der Waals surface area contributed by atoms with Crippen LogP contribution in [0.3, 0.4) is 0 Å². The van der Waals surface area contributed by atoms with Crippen LogP contribution in [0.1, 0.15) is 77.7 Å². The van der Waals surface area contributed by atoms with Crippen molar-refractivity contribution in [2.24, 2.45) is 28.6 Å². The number of thioether (sulfide) groups is 2. The van der Waals surface area contributed by atoms with Crippen LogP contribution in [0.25, 0.3) is 0 Å². The molecule has 1 aromatic carbocycles. The Morgan fingerprint density at radius 2 is 1.80 bits per heavy atom. The van der Waals surface area contributed by atoms with Crippen LogP contribution >= 0.6 is 23.5 Å². The molecule has 7 unspecified atom stereocenters. The normalized spacial score (nSPS) is 44.1. The quantitative estimate of drug-likeness (QED) is 0.343. The van der Waals surface area contributed by atoms with E-state index in [1.807, 2.05) is 0 Å². The minimum Gasteiger partial charge on any atom is -0.462 e. The molecule has 1 aromatic rings. The third kappa shape index (κ3) is 3.39. The van der Waals surface area contributed by atoms with E-state index in [0.717, 1.165) is 55.6 Å². The molecule has 0 bridgehead atoms. The second-order valence-electron chi connectivity index (χ2n) is 12.3. The molecule has 35 heavy (non-hydrogen) atoms. The molecular formula is C30H40O3S2. The van der Waals surface area contributed by atoms with Crippen molar-refractivity contribution < 1.29 is 14.6 Å². The summed E-state index contributed by atoms with van der Waals surface area (Å²) in [4.78, 5) is 11.6. The molecule has 1 N–H and O–H groups in total. The monoisotopic (exact) mass is 512 g/mol. The summed E-state index contributed by atoms with van der Waals surface area (Å²) in [6.07, 6.45) is 11.3. The number of hydrogen-bond donors (Lipinski definition) is 1. The van der Waals surface area contributed by atoms with Crippen molar-refractivity contribution in [3.8, 4) is 0 Å². The summed E-state index contributed by atoms with van der Waals surface area (Å²) < 4.78 is 5.49. The lowest BCUT2D eigenvalue weighted by Gasteiger charge is -2.59. The molecule has 4 aliphatic carbocycles. The van der Waals surface area contributed by atoms with E-state index in [2.05, 4.69) is 73.8 Å². The van der Waals surface area contributed by atoms with Gasteiger partial charge in [0.25, 0.3) is 0 Å². The second-order valence-corrected chi connectivity index (χ2v) is 15.3. The lowest BCUT2D eigenvalue weighted by molar-refractivity contribution is -0.150. The first-order valence-corrected chi connectivity index (χ1v) is 15.6. The van der Waals surface area contributed by atoms with Crippen molar-refractivity contribution in [1.29, 1.82) is 0 Å². The van der Waals surface area contributed by atoms with Gasteiger partial charge in [-0.15, -0.1) is 23.5 Å². The number of carbonyl (C=O) groups excluding carboxylic acids is 1. The highest BCUT2D eigenvalue weighted by atomic mass is 32.2. The van der Waals surface area contributed by atoms with Gasteiger partial charge >= 0.3 is 5.97 Å². The zero-order valence-corrected chi connectivity index (χ0v) is 23.1. The minimum atomic E-state index is -0.815. The molecule has 0 aromatic heterocycles. The van der Waals surface area contributed by atoms with E-state index in [0.29, 0.717) is 17.8 Å². The number of aliphatic hydroxyl groups is 1. The Morgan fingerprint density at radius 3 is 2.51 bits per heavy atom. The summed E-state index contributed by atoms with van der Waals surface area (Å²) >= 11 is 4.11. The molecule has 3 saturated carbocycles. The van der Waals surface area contributed by atoms with Crippen LogP contribution in [-0.4, -0.2) is 32.8 Å². The molecule has 4 fully saturated rings. The molecule has 1 aliphatic heterocycles. The first kappa shape index (κ1) is 24.4. The van der Waals surface area contributed by atoms with Gasteiger partial charge in [0.2, 0.25) is 0 Å². The first-order chi connectivity index (χ1) is 16.7. The fraction of sp³-hybridized carbons (Fsp3) is 0.700. The average Bonchev–Trinajstić information content (AvgIpc) is 3.04. The van der Waals surface area contributed by atoms with Gasteiger partial charge in [-0.05, 0) is 85.2 Å². The van der Waals surface area contributed by atoms with Gasteiger partial charge in [0.1, 0.15) is 11.7 Å². The van der Waals surface area contributed by atoms with E-state index in [1.54, 1.807) is 0 Å². The topological polar surface area (TPSA) is 46.5 Å². The van der Waals surface area contributed by atoms with Gasteiger partial charge in [-0.25, -0.2) is 0 Å². The maximum atomic E-state index is 13.0. The van der Waals surface area contributed by atoms with Crippen molar-refractivity contribution in [3.63, 3.8) is 0 Å². The van der Waals surface area contributed by atoms with E-state index in [4.69, 9.17) is 4.74 Å². The van der Waals surface area contributed by atoms with Crippen LogP contribution < -0.4 is 0 Å². The molecule has 5 aliphatic rings. The van der Waals surface area contributed by atoms with Gasteiger partial charge in [-0.2, -0.15) is 0 Å². The second kappa shape index (κ2) is 8.56. The molecule has 0 radical (unpaired) electrons. The highest BCUT2D eigenvalue weighted by Gasteiger charge is 2.73. The third-order valence-corrected chi connectivity index (χ3v) is 14.3. The molecule has 3 nitrogen and oxygen atoms in total. The standard InChI is InChI=1S/C30H40O3S2/c1-20(31)33-23-12-14-27(2)22(18-23)10-11-24-25(27)13-15-28(3)26(24)19-29(34-16-7-17-35-29)30(28,32)21-8-5-4-6-9-21/h4-6,8-10,23-26,32H,7,11-19H2,1-3H3. The van der Waals surface area contributed by atoms with Crippen LogP contribution in [-0.2, 0) is 15.1 Å². The minimum absolute atomic E-state index is 0.0465. The van der Waals surface area contributed by atoms with Crippen LogP contribution in [0.4, 0.5) is 0 Å². The van der Waals surface area contributed by atoms with E-state index in [-0.39, 0.29) is 27.0 Å².